The molecule has 0 saturated carbocycles. The zero-order valence-electron chi connectivity index (χ0n) is 11.5. The maximum absolute atomic E-state index is 11.7. The molecular formula is C15H16N2O3. The molecule has 3 rings (SSSR count). The van der Waals surface area contributed by atoms with Crippen molar-refractivity contribution in [3.05, 3.63) is 35.0 Å². The van der Waals surface area contributed by atoms with Gasteiger partial charge in [-0.05, 0) is 13.1 Å². The van der Waals surface area contributed by atoms with Crippen LogP contribution in [0.5, 0.6) is 5.75 Å². The smallest absolute Gasteiger partial charge is 0.336 e. The fourth-order valence-corrected chi connectivity index (χ4v) is 2.78. The van der Waals surface area contributed by atoms with E-state index >= 15 is 0 Å². The molecule has 2 heterocycles. The molecule has 1 aromatic carbocycles. The van der Waals surface area contributed by atoms with E-state index in [0.29, 0.717) is 28.8 Å². The van der Waals surface area contributed by atoms with Gasteiger partial charge in [-0.25, -0.2) is 9.78 Å². The summed E-state index contributed by atoms with van der Waals surface area (Å²) in [7, 11) is 3.56. The highest BCUT2D eigenvalue weighted by molar-refractivity contribution is 6.05. The van der Waals surface area contributed by atoms with Gasteiger partial charge in [0.1, 0.15) is 11.3 Å². The van der Waals surface area contributed by atoms with E-state index in [4.69, 9.17) is 4.74 Å². The molecule has 1 aliphatic rings. The molecule has 20 heavy (non-hydrogen) atoms. The molecule has 5 heteroatoms. The molecule has 0 spiro atoms. The van der Waals surface area contributed by atoms with Crippen LogP contribution in [0.4, 0.5) is 0 Å². The Labute approximate surface area is 116 Å². The molecule has 104 valence electrons. The number of hydrogen-bond donors (Lipinski definition) is 1. The van der Waals surface area contributed by atoms with Crippen molar-refractivity contribution in [2.75, 3.05) is 20.7 Å². The van der Waals surface area contributed by atoms with E-state index in [1.54, 1.807) is 19.2 Å². The molecule has 0 atom stereocenters. The third-order valence-electron chi connectivity index (χ3n) is 3.76. The zero-order valence-corrected chi connectivity index (χ0v) is 11.5. The number of fused-ring (bicyclic) bond motifs is 2. The summed E-state index contributed by atoms with van der Waals surface area (Å²) in [5.74, 6) is -0.288. The summed E-state index contributed by atoms with van der Waals surface area (Å²) in [5.41, 5.74) is 2.69. The second-order valence-electron chi connectivity index (χ2n) is 5.06. The van der Waals surface area contributed by atoms with Crippen LogP contribution in [0, 0.1) is 0 Å². The average molecular weight is 272 g/mol. The van der Waals surface area contributed by atoms with Crippen molar-refractivity contribution in [2.45, 2.75) is 13.0 Å². The van der Waals surface area contributed by atoms with E-state index < -0.39 is 5.97 Å². The standard InChI is InChI=1S/C15H16N2O3/c1-17-7-6-11-10(8-17)13(15(18)19)9-4-3-5-12(20-2)14(9)16-11/h3-5H,6-8H2,1-2H3,(H,18,19). The molecule has 1 N–H and O–H groups in total. The predicted molar refractivity (Wildman–Crippen MR) is 75.3 cm³/mol. The van der Waals surface area contributed by atoms with Crippen molar-refractivity contribution >= 4 is 16.9 Å². The molecule has 5 nitrogen and oxygen atoms in total. The molecule has 0 fully saturated rings. The lowest BCUT2D eigenvalue weighted by molar-refractivity contribution is 0.0696. The maximum Gasteiger partial charge on any atom is 0.336 e. The number of pyridine rings is 1. The van der Waals surface area contributed by atoms with Crippen LogP contribution >= 0.6 is 0 Å². The van der Waals surface area contributed by atoms with Gasteiger partial charge in [-0.3, -0.25) is 0 Å². The lowest BCUT2D eigenvalue weighted by Crippen LogP contribution is -2.29. The van der Waals surface area contributed by atoms with Crippen molar-refractivity contribution in [2.24, 2.45) is 0 Å². The summed E-state index contributed by atoms with van der Waals surface area (Å²) >= 11 is 0. The van der Waals surface area contributed by atoms with E-state index in [-0.39, 0.29) is 0 Å². The molecule has 0 amide bonds. The number of likely N-dealkylation sites (N-methyl/N-ethyl adjacent to an activating group) is 1. The Morgan fingerprint density at radius 1 is 1.45 bits per heavy atom. The van der Waals surface area contributed by atoms with Crippen molar-refractivity contribution in [3.8, 4) is 5.75 Å². The first-order valence-electron chi connectivity index (χ1n) is 6.52. The van der Waals surface area contributed by atoms with E-state index in [9.17, 15) is 9.90 Å². The van der Waals surface area contributed by atoms with Crippen LogP contribution in [0.3, 0.4) is 0 Å². The minimum absolute atomic E-state index is 0.357. The molecular weight excluding hydrogens is 256 g/mol. The summed E-state index contributed by atoms with van der Waals surface area (Å²) < 4.78 is 5.31. The first-order valence-corrected chi connectivity index (χ1v) is 6.52. The maximum atomic E-state index is 11.7. The van der Waals surface area contributed by atoms with Crippen molar-refractivity contribution in [3.63, 3.8) is 0 Å². The third-order valence-corrected chi connectivity index (χ3v) is 3.76. The summed E-state index contributed by atoms with van der Waals surface area (Å²) in [4.78, 5) is 18.5. The first kappa shape index (κ1) is 12.9. The van der Waals surface area contributed by atoms with Crippen LogP contribution in [0.25, 0.3) is 10.9 Å². The largest absolute Gasteiger partial charge is 0.494 e. The Hall–Kier alpha value is -2.14. The Morgan fingerprint density at radius 3 is 2.95 bits per heavy atom. The monoisotopic (exact) mass is 272 g/mol. The predicted octanol–water partition coefficient (Wildman–Crippen LogP) is 1.93. The molecule has 1 aromatic heterocycles. The van der Waals surface area contributed by atoms with Crippen molar-refractivity contribution in [1.82, 2.24) is 9.88 Å². The highest BCUT2D eigenvalue weighted by Gasteiger charge is 2.25. The second kappa shape index (κ2) is 4.76. The molecule has 1 aliphatic heterocycles. The molecule has 0 bridgehead atoms. The number of nitrogens with zero attached hydrogens (tertiary/aromatic N) is 2. The minimum Gasteiger partial charge on any atom is -0.494 e. The number of carboxylic acids is 1. The summed E-state index contributed by atoms with van der Waals surface area (Å²) in [5, 5.41) is 10.2. The number of para-hydroxylation sites is 1. The van der Waals surface area contributed by atoms with Gasteiger partial charge in [-0.2, -0.15) is 0 Å². The van der Waals surface area contributed by atoms with Crippen LogP contribution in [0.1, 0.15) is 21.6 Å². The Kier molecular flexibility index (Phi) is 3.06. The number of hydrogen-bond acceptors (Lipinski definition) is 4. The number of carboxylic acid groups (broad SMARTS) is 1. The number of ether oxygens (including phenoxy) is 1. The number of methoxy groups -OCH3 is 1. The van der Waals surface area contributed by atoms with E-state index in [2.05, 4.69) is 9.88 Å². The number of aromatic nitrogens is 1. The van der Waals surface area contributed by atoms with E-state index in [1.807, 2.05) is 13.1 Å². The van der Waals surface area contributed by atoms with E-state index in [1.165, 1.54) is 0 Å². The number of aromatic carboxylic acids is 1. The van der Waals surface area contributed by atoms with Gasteiger partial charge in [0.15, 0.2) is 0 Å². The van der Waals surface area contributed by atoms with Crippen LogP contribution in [-0.4, -0.2) is 41.7 Å². The van der Waals surface area contributed by atoms with Crippen molar-refractivity contribution in [1.29, 1.82) is 0 Å². The van der Waals surface area contributed by atoms with Gasteiger partial charge < -0.3 is 14.7 Å². The lowest BCUT2D eigenvalue weighted by Gasteiger charge is -2.26. The molecule has 0 aliphatic carbocycles. The zero-order chi connectivity index (χ0) is 14.3. The summed E-state index contributed by atoms with van der Waals surface area (Å²) in [6.07, 6.45) is 0.764. The number of carbonyl (C=O) groups is 1. The van der Waals surface area contributed by atoms with Gasteiger partial charge in [0.05, 0.1) is 12.7 Å². The van der Waals surface area contributed by atoms with Gasteiger partial charge in [-0.1, -0.05) is 12.1 Å². The highest BCUT2D eigenvalue weighted by Crippen LogP contribution is 2.32. The fraction of sp³-hybridized carbons (Fsp3) is 0.333. The number of rotatable bonds is 2. The van der Waals surface area contributed by atoms with E-state index in [0.717, 1.165) is 24.2 Å². The SMILES string of the molecule is COc1cccc2c(C(=O)O)c3c(nc12)CCN(C)C3. The van der Waals surface area contributed by atoms with Gasteiger partial charge in [0.25, 0.3) is 0 Å². The van der Waals surface area contributed by atoms with Crippen LogP contribution in [0.15, 0.2) is 18.2 Å². The quantitative estimate of drug-likeness (QED) is 0.905. The van der Waals surface area contributed by atoms with Crippen LogP contribution < -0.4 is 4.74 Å². The Bertz CT molecular complexity index is 697. The van der Waals surface area contributed by atoms with Gasteiger partial charge >= 0.3 is 5.97 Å². The van der Waals surface area contributed by atoms with Crippen LogP contribution in [-0.2, 0) is 13.0 Å². The molecule has 0 unspecified atom stereocenters. The Balaban J connectivity index is 2.38. The molecule has 0 radical (unpaired) electrons. The lowest BCUT2D eigenvalue weighted by atomic mass is 9.96. The van der Waals surface area contributed by atoms with Gasteiger partial charge in [0.2, 0.25) is 0 Å². The second-order valence-corrected chi connectivity index (χ2v) is 5.06. The summed E-state index contributed by atoms with van der Waals surface area (Å²) in [6.45, 7) is 1.51. The van der Waals surface area contributed by atoms with Crippen LogP contribution in [0.2, 0.25) is 0 Å². The number of benzene rings is 1. The average Bonchev–Trinajstić information content (AvgIpc) is 2.43. The first-order chi connectivity index (χ1) is 9.61. The van der Waals surface area contributed by atoms with Crippen molar-refractivity contribution < 1.29 is 14.6 Å². The van der Waals surface area contributed by atoms with Gasteiger partial charge in [-0.15, -0.1) is 0 Å². The summed E-state index contributed by atoms with van der Waals surface area (Å²) in [6, 6.07) is 5.40. The Morgan fingerprint density at radius 2 is 2.25 bits per heavy atom. The fourth-order valence-electron chi connectivity index (χ4n) is 2.78. The van der Waals surface area contributed by atoms with Gasteiger partial charge in [0, 0.05) is 36.2 Å². The highest BCUT2D eigenvalue weighted by atomic mass is 16.5. The topological polar surface area (TPSA) is 62.7 Å². The molecule has 0 saturated heterocycles. The normalized spacial score (nSPS) is 15.1. The minimum atomic E-state index is -0.905. The third kappa shape index (κ3) is 1.91. The molecule has 2 aromatic rings.